The van der Waals surface area contributed by atoms with Crippen LogP contribution < -0.4 is 9.47 Å². The monoisotopic (exact) mass is 564 g/mol. The van der Waals surface area contributed by atoms with Gasteiger partial charge in [0.15, 0.2) is 0 Å². The second-order valence-corrected chi connectivity index (χ2v) is 10.4. The summed E-state index contributed by atoms with van der Waals surface area (Å²) < 4.78 is 22.5. The summed E-state index contributed by atoms with van der Waals surface area (Å²) in [5.74, 6) is -0.208. The highest BCUT2D eigenvalue weighted by Gasteiger charge is 2.13. The van der Waals surface area contributed by atoms with E-state index in [-0.39, 0.29) is 23.6 Å². The van der Waals surface area contributed by atoms with Crippen molar-refractivity contribution in [3.63, 3.8) is 0 Å². The van der Waals surface area contributed by atoms with Gasteiger partial charge in [-0.3, -0.25) is 9.59 Å². The second-order valence-electron chi connectivity index (χ2n) is 10.4. The largest absolute Gasteiger partial charge is 0.493 e. The number of rotatable bonds is 24. The van der Waals surface area contributed by atoms with Crippen molar-refractivity contribution in [2.24, 2.45) is 5.92 Å². The van der Waals surface area contributed by atoms with Crippen molar-refractivity contribution in [3.8, 4) is 11.5 Å². The van der Waals surface area contributed by atoms with Gasteiger partial charge in [-0.15, -0.1) is 0 Å². The van der Waals surface area contributed by atoms with Gasteiger partial charge < -0.3 is 24.1 Å². The van der Waals surface area contributed by atoms with Crippen LogP contribution in [-0.2, 0) is 19.1 Å². The van der Waals surface area contributed by atoms with Gasteiger partial charge in [0.05, 0.1) is 25.4 Å². The summed E-state index contributed by atoms with van der Waals surface area (Å²) in [5, 5.41) is 9.46. The van der Waals surface area contributed by atoms with Gasteiger partial charge in [0, 0.05) is 18.9 Å². The number of aromatic carboxylic acids is 1. The highest BCUT2D eigenvalue weighted by molar-refractivity contribution is 5.88. The van der Waals surface area contributed by atoms with Crippen molar-refractivity contribution in [2.75, 3.05) is 19.8 Å². The van der Waals surface area contributed by atoms with E-state index in [0.29, 0.717) is 75.8 Å². The molecular weight excluding hydrogens is 512 g/mol. The Labute approximate surface area is 241 Å². The van der Waals surface area contributed by atoms with E-state index in [9.17, 15) is 19.5 Å². The normalized spacial score (nSPS) is 12.4. The molecule has 8 heteroatoms. The van der Waals surface area contributed by atoms with E-state index in [2.05, 4.69) is 20.8 Å². The molecule has 2 atom stereocenters. The minimum Gasteiger partial charge on any atom is -0.493 e. The van der Waals surface area contributed by atoms with Crippen molar-refractivity contribution < 1.29 is 38.4 Å². The minimum atomic E-state index is -1.07. The third kappa shape index (κ3) is 16.4. The number of unbranched alkanes of at least 4 members (excludes halogenated alkanes) is 4. The Morgan fingerprint density at radius 3 is 1.82 bits per heavy atom. The van der Waals surface area contributed by atoms with E-state index in [4.69, 9.17) is 18.9 Å². The summed E-state index contributed by atoms with van der Waals surface area (Å²) in [6.45, 7) is 9.61. The summed E-state index contributed by atoms with van der Waals surface area (Å²) >= 11 is 0. The molecule has 0 fully saturated rings. The molecule has 228 valence electrons. The van der Waals surface area contributed by atoms with E-state index >= 15 is 0 Å². The number of hydrogen-bond acceptors (Lipinski definition) is 7. The molecule has 1 aromatic rings. The second kappa shape index (κ2) is 22.0. The fourth-order valence-corrected chi connectivity index (χ4v) is 4.19. The molecule has 0 aliphatic carbocycles. The zero-order chi connectivity index (χ0) is 29.6. The highest BCUT2D eigenvalue weighted by atomic mass is 16.5. The Bertz CT molecular complexity index is 853. The van der Waals surface area contributed by atoms with Crippen LogP contribution in [0.15, 0.2) is 18.2 Å². The highest BCUT2D eigenvalue weighted by Crippen LogP contribution is 2.24. The van der Waals surface area contributed by atoms with Gasteiger partial charge in [-0.2, -0.15) is 0 Å². The quantitative estimate of drug-likeness (QED) is 0.100. The molecule has 0 heterocycles. The van der Waals surface area contributed by atoms with Crippen LogP contribution in [0.4, 0.5) is 0 Å². The van der Waals surface area contributed by atoms with E-state index in [0.717, 1.165) is 51.4 Å². The first-order chi connectivity index (χ1) is 19.3. The third-order valence-electron chi connectivity index (χ3n) is 6.87. The topological polar surface area (TPSA) is 108 Å². The number of ether oxygens (including phenoxy) is 4. The fourth-order valence-electron chi connectivity index (χ4n) is 4.19. The zero-order valence-corrected chi connectivity index (χ0v) is 25.2. The maximum Gasteiger partial charge on any atom is 0.335 e. The summed E-state index contributed by atoms with van der Waals surface area (Å²) in [6, 6.07) is 4.59. The number of carboxylic acids is 1. The smallest absolute Gasteiger partial charge is 0.335 e. The summed E-state index contributed by atoms with van der Waals surface area (Å²) in [5.41, 5.74) is 0.0749. The van der Waals surface area contributed by atoms with Crippen molar-refractivity contribution in [1.29, 1.82) is 0 Å². The van der Waals surface area contributed by atoms with Crippen LogP contribution >= 0.6 is 0 Å². The molecule has 0 amide bonds. The lowest BCUT2D eigenvalue weighted by Gasteiger charge is -2.15. The fraction of sp³-hybridized carbons (Fsp3) is 0.719. The van der Waals surface area contributed by atoms with Crippen LogP contribution in [0.5, 0.6) is 11.5 Å². The van der Waals surface area contributed by atoms with Gasteiger partial charge >= 0.3 is 17.9 Å². The molecule has 1 N–H and O–H groups in total. The Kier molecular flexibility index (Phi) is 19.4. The van der Waals surface area contributed by atoms with E-state index in [1.165, 1.54) is 12.1 Å². The Balaban J connectivity index is 2.38. The maximum atomic E-state index is 12.1. The Hall–Kier alpha value is -2.77. The number of esters is 2. The summed E-state index contributed by atoms with van der Waals surface area (Å²) in [7, 11) is 0. The lowest BCUT2D eigenvalue weighted by molar-refractivity contribution is -0.150. The number of carboxylic acid groups (broad SMARTS) is 1. The molecule has 0 bridgehead atoms. The van der Waals surface area contributed by atoms with Crippen LogP contribution in [0.1, 0.15) is 128 Å². The average molecular weight is 565 g/mol. The Morgan fingerprint density at radius 2 is 1.30 bits per heavy atom. The van der Waals surface area contributed by atoms with Crippen molar-refractivity contribution in [1.82, 2.24) is 0 Å². The number of hydrogen-bond donors (Lipinski definition) is 1. The van der Waals surface area contributed by atoms with Crippen LogP contribution in [0, 0.1) is 5.92 Å². The average Bonchev–Trinajstić information content (AvgIpc) is 2.94. The van der Waals surface area contributed by atoms with Crippen LogP contribution in [0.3, 0.4) is 0 Å². The van der Waals surface area contributed by atoms with Crippen LogP contribution in [0.2, 0.25) is 0 Å². The molecule has 0 saturated carbocycles. The van der Waals surface area contributed by atoms with Gasteiger partial charge in [-0.25, -0.2) is 4.79 Å². The zero-order valence-electron chi connectivity index (χ0n) is 25.2. The molecule has 0 radical (unpaired) electrons. The lowest BCUT2D eigenvalue weighted by atomic mass is 10.0. The molecule has 0 aliphatic heterocycles. The number of carbonyl (C=O) groups excluding carboxylic acids is 2. The SMILES string of the molecule is CCCCC(CC)COC(=O)CCCCOc1cc(OCCCCC(=O)OC(CC)CCCC)cc(C(=O)O)c1. The van der Waals surface area contributed by atoms with Gasteiger partial charge in [0.1, 0.15) is 17.6 Å². The third-order valence-corrected chi connectivity index (χ3v) is 6.87. The molecule has 8 nitrogen and oxygen atoms in total. The molecule has 0 aliphatic rings. The standard InChI is InChI=1S/C32H52O8/c1-5-9-15-25(7-3)24-39-30(33)17-11-13-19-37-28-21-26(32(35)36)22-29(23-28)38-20-14-12-18-31(34)40-27(8-4)16-10-6-2/h21-23,25,27H,5-20,24H2,1-4H3,(H,35,36). The van der Waals surface area contributed by atoms with Crippen molar-refractivity contribution in [2.45, 2.75) is 124 Å². The minimum absolute atomic E-state index is 0.0106. The van der Waals surface area contributed by atoms with Gasteiger partial charge in [-0.1, -0.05) is 59.8 Å². The first-order valence-electron chi connectivity index (χ1n) is 15.3. The van der Waals surface area contributed by atoms with Crippen molar-refractivity contribution in [3.05, 3.63) is 23.8 Å². The van der Waals surface area contributed by atoms with Crippen LogP contribution in [-0.4, -0.2) is 48.9 Å². The van der Waals surface area contributed by atoms with Crippen molar-refractivity contribution >= 4 is 17.9 Å². The van der Waals surface area contributed by atoms with Gasteiger partial charge in [-0.05, 0) is 63.0 Å². The number of carbonyl (C=O) groups is 3. The summed E-state index contributed by atoms with van der Waals surface area (Å²) in [6.07, 6.45) is 11.4. The van der Waals surface area contributed by atoms with E-state index in [1.807, 2.05) is 6.92 Å². The number of benzene rings is 1. The lowest BCUT2D eigenvalue weighted by Crippen LogP contribution is -2.17. The molecule has 40 heavy (non-hydrogen) atoms. The first kappa shape index (κ1) is 35.3. The summed E-state index contributed by atoms with van der Waals surface area (Å²) in [4.78, 5) is 35.7. The molecular formula is C32H52O8. The van der Waals surface area contributed by atoms with Gasteiger partial charge in [0.2, 0.25) is 0 Å². The van der Waals surface area contributed by atoms with Gasteiger partial charge in [0.25, 0.3) is 0 Å². The predicted molar refractivity (Wildman–Crippen MR) is 156 cm³/mol. The molecule has 1 rings (SSSR count). The van der Waals surface area contributed by atoms with Crippen LogP contribution in [0.25, 0.3) is 0 Å². The first-order valence-corrected chi connectivity index (χ1v) is 15.3. The van der Waals surface area contributed by atoms with E-state index in [1.54, 1.807) is 6.07 Å². The molecule has 2 unspecified atom stereocenters. The predicted octanol–water partition coefficient (Wildman–Crippen LogP) is 7.75. The van der Waals surface area contributed by atoms with E-state index < -0.39 is 5.97 Å². The maximum absolute atomic E-state index is 12.1. The molecule has 0 spiro atoms. The molecule has 0 aromatic heterocycles. The Morgan fingerprint density at radius 1 is 0.725 bits per heavy atom. The molecule has 0 saturated heterocycles. The molecule has 1 aromatic carbocycles.